The van der Waals surface area contributed by atoms with Gasteiger partial charge in [0.05, 0.1) is 5.71 Å². The Balaban J connectivity index is 1.53. The van der Waals surface area contributed by atoms with Crippen molar-refractivity contribution in [3.63, 3.8) is 0 Å². The lowest BCUT2D eigenvalue weighted by atomic mass is 9.77. The molecule has 2 fully saturated rings. The van der Waals surface area contributed by atoms with E-state index in [1.165, 1.54) is 0 Å². The summed E-state index contributed by atoms with van der Waals surface area (Å²) in [5.41, 5.74) is 1.04. The third-order valence-electron chi connectivity index (χ3n) is 4.97. The van der Waals surface area contributed by atoms with Crippen LogP contribution in [0.2, 0.25) is 0 Å². The van der Waals surface area contributed by atoms with E-state index in [2.05, 4.69) is 24.3 Å². The Morgan fingerprint density at radius 2 is 2.14 bits per heavy atom. The molecule has 1 N–H and O–H groups in total. The van der Waals surface area contributed by atoms with Crippen LogP contribution in [0.1, 0.15) is 39.5 Å². The zero-order valence-corrected chi connectivity index (χ0v) is 12.7. The summed E-state index contributed by atoms with van der Waals surface area (Å²) < 4.78 is 0. The SMILES string of the molecule is CC(C)C1=NO[C@H](C(=O)N2CCC3(CC2)CNC(=O)C3)C1. The smallest absolute Gasteiger partial charge is 0.266 e. The van der Waals surface area contributed by atoms with Gasteiger partial charge in [-0.3, -0.25) is 9.59 Å². The summed E-state index contributed by atoms with van der Waals surface area (Å²) in [5.74, 6) is 0.508. The van der Waals surface area contributed by atoms with Crippen LogP contribution in [-0.2, 0) is 14.4 Å². The van der Waals surface area contributed by atoms with Crippen molar-refractivity contribution in [2.24, 2.45) is 16.5 Å². The van der Waals surface area contributed by atoms with Crippen molar-refractivity contribution < 1.29 is 14.4 Å². The Hall–Kier alpha value is -1.59. The first-order valence-electron chi connectivity index (χ1n) is 7.77. The first-order valence-corrected chi connectivity index (χ1v) is 7.77. The fourth-order valence-electron chi connectivity index (χ4n) is 3.38. The molecule has 0 aromatic heterocycles. The molecule has 6 nitrogen and oxygen atoms in total. The minimum Gasteiger partial charge on any atom is -0.382 e. The van der Waals surface area contributed by atoms with Crippen LogP contribution >= 0.6 is 0 Å². The number of nitrogens with zero attached hydrogens (tertiary/aromatic N) is 2. The molecule has 3 rings (SSSR count). The lowest BCUT2D eigenvalue weighted by Crippen LogP contribution is -2.47. The topological polar surface area (TPSA) is 71.0 Å². The van der Waals surface area contributed by atoms with E-state index in [0.717, 1.165) is 25.1 Å². The molecule has 3 heterocycles. The highest BCUT2D eigenvalue weighted by atomic mass is 16.6. The predicted molar refractivity (Wildman–Crippen MR) is 77.6 cm³/mol. The second-order valence-corrected chi connectivity index (χ2v) is 6.81. The summed E-state index contributed by atoms with van der Waals surface area (Å²) in [5, 5.41) is 6.94. The van der Waals surface area contributed by atoms with Gasteiger partial charge in [-0.25, -0.2) is 0 Å². The summed E-state index contributed by atoms with van der Waals surface area (Å²) in [6.07, 6.45) is 2.55. The van der Waals surface area contributed by atoms with Gasteiger partial charge in [-0.05, 0) is 24.2 Å². The Kier molecular flexibility index (Phi) is 3.63. The molecule has 0 aromatic rings. The van der Waals surface area contributed by atoms with Crippen LogP contribution in [0, 0.1) is 11.3 Å². The van der Waals surface area contributed by atoms with Gasteiger partial charge < -0.3 is 15.1 Å². The molecule has 21 heavy (non-hydrogen) atoms. The number of carbonyl (C=O) groups excluding carboxylic acids is 2. The first kappa shape index (κ1) is 14.4. The van der Waals surface area contributed by atoms with Gasteiger partial charge in [0.15, 0.2) is 0 Å². The molecule has 6 heteroatoms. The molecule has 0 saturated carbocycles. The standard InChI is InChI=1S/C15H23N3O3/c1-10(2)11-7-12(21-17-11)14(20)18-5-3-15(4-6-18)8-13(19)16-9-15/h10,12H,3-9H2,1-2H3,(H,16,19)/t12-/m0/s1. The van der Waals surface area contributed by atoms with Crippen LogP contribution < -0.4 is 5.32 Å². The molecule has 0 unspecified atom stereocenters. The lowest BCUT2D eigenvalue weighted by Gasteiger charge is -2.38. The summed E-state index contributed by atoms with van der Waals surface area (Å²) in [6, 6.07) is 0. The van der Waals surface area contributed by atoms with Gasteiger partial charge in [-0.1, -0.05) is 19.0 Å². The number of oxime groups is 1. The molecule has 2 saturated heterocycles. The van der Waals surface area contributed by atoms with Crippen molar-refractivity contribution in [2.75, 3.05) is 19.6 Å². The van der Waals surface area contributed by atoms with Crippen molar-refractivity contribution in [2.45, 2.75) is 45.6 Å². The summed E-state index contributed by atoms with van der Waals surface area (Å²) in [4.78, 5) is 31.1. The fraction of sp³-hybridized carbons (Fsp3) is 0.800. The molecule has 0 radical (unpaired) electrons. The van der Waals surface area contributed by atoms with Crippen molar-refractivity contribution in [1.82, 2.24) is 10.2 Å². The molecule has 0 bridgehead atoms. The van der Waals surface area contributed by atoms with E-state index in [-0.39, 0.29) is 17.2 Å². The van der Waals surface area contributed by atoms with E-state index in [1.54, 1.807) is 0 Å². The Morgan fingerprint density at radius 1 is 1.43 bits per heavy atom. The maximum atomic E-state index is 12.5. The zero-order chi connectivity index (χ0) is 15.0. The summed E-state index contributed by atoms with van der Waals surface area (Å²) in [6.45, 7) is 6.30. The van der Waals surface area contributed by atoms with Gasteiger partial charge in [0.1, 0.15) is 0 Å². The molecular formula is C15H23N3O3. The van der Waals surface area contributed by atoms with Gasteiger partial charge in [0.2, 0.25) is 12.0 Å². The molecule has 1 spiro atoms. The second kappa shape index (κ2) is 5.31. The highest BCUT2D eigenvalue weighted by molar-refractivity contribution is 5.93. The quantitative estimate of drug-likeness (QED) is 0.823. The fourth-order valence-corrected chi connectivity index (χ4v) is 3.38. The van der Waals surface area contributed by atoms with Crippen molar-refractivity contribution in [1.29, 1.82) is 0 Å². The molecular weight excluding hydrogens is 270 g/mol. The van der Waals surface area contributed by atoms with Crippen LogP contribution in [0.15, 0.2) is 5.16 Å². The second-order valence-electron chi connectivity index (χ2n) is 6.81. The third kappa shape index (κ3) is 2.76. The lowest BCUT2D eigenvalue weighted by molar-refractivity contribution is -0.144. The van der Waals surface area contributed by atoms with Gasteiger partial charge in [0, 0.05) is 32.5 Å². The van der Waals surface area contributed by atoms with Gasteiger partial charge >= 0.3 is 0 Å². The summed E-state index contributed by atoms with van der Waals surface area (Å²) >= 11 is 0. The largest absolute Gasteiger partial charge is 0.382 e. The monoisotopic (exact) mass is 293 g/mol. The van der Waals surface area contributed by atoms with Gasteiger partial charge in [-0.15, -0.1) is 0 Å². The van der Waals surface area contributed by atoms with E-state index in [9.17, 15) is 9.59 Å². The molecule has 0 aliphatic carbocycles. The van der Waals surface area contributed by atoms with Crippen LogP contribution in [0.25, 0.3) is 0 Å². The van der Waals surface area contributed by atoms with Crippen LogP contribution in [0.3, 0.4) is 0 Å². The average molecular weight is 293 g/mol. The number of likely N-dealkylation sites (tertiary alicyclic amines) is 1. The van der Waals surface area contributed by atoms with Gasteiger partial charge in [-0.2, -0.15) is 0 Å². The van der Waals surface area contributed by atoms with E-state index in [0.29, 0.717) is 31.8 Å². The van der Waals surface area contributed by atoms with E-state index in [4.69, 9.17) is 4.84 Å². The van der Waals surface area contributed by atoms with Crippen LogP contribution in [0.4, 0.5) is 0 Å². The van der Waals surface area contributed by atoms with E-state index in [1.807, 2.05) is 4.90 Å². The number of nitrogens with one attached hydrogen (secondary N) is 1. The molecule has 1 atom stereocenters. The first-order chi connectivity index (χ1) is 9.99. The number of hydrogen-bond acceptors (Lipinski definition) is 4. The van der Waals surface area contributed by atoms with Crippen molar-refractivity contribution >= 4 is 17.5 Å². The van der Waals surface area contributed by atoms with E-state index >= 15 is 0 Å². The maximum Gasteiger partial charge on any atom is 0.266 e. The normalized spacial score (nSPS) is 27.8. The van der Waals surface area contributed by atoms with Crippen molar-refractivity contribution in [3.05, 3.63) is 0 Å². The van der Waals surface area contributed by atoms with Gasteiger partial charge in [0.25, 0.3) is 5.91 Å². The number of rotatable bonds is 2. The van der Waals surface area contributed by atoms with E-state index < -0.39 is 6.10 Å². The highest BCUT2D eigenvalue weighted by Crippen LogP contribution is 2.37. The minimum atomic E-state index is -0.445. The van der Waals surface area contributed by atoms with Crippen molar-refractivity contribution in [3.8, 4) is 0 Å². The van der Waals surface area contributed by atoms with Crippen LogP contribution in [-0.4, -0.2) is 48.2 Å². The third-order valence-corrected chi connectivity index (χ3v) is 4.97. The molecule has 116 valence electrons. The maximum absolute atomic E-state index is 12.5. The minimum absolute atomic E-state index is 0.0431. The Bertz CT molecular complexity index is 479. The number of carbonyl (C=O) groups is 2. The molecule has 2 amide bonds. The molecule has 3 aliphatic rings. The predicted octanol–water partition coefficient (Wildman–Crippen LogP) is 0.916. The number of hydrogen-bond donors (Lipinski definition) is 1. The molecule has 3 aliphatic heterocycles. The zero-order valence-electron chi connectivity index (χ0n) is 12.7. The number of amides is 2. The Morgan fingerprint density at radius 3 is 2.67 bits per heavy atom. The highest BCUT2D eigenvalue weighted by Gasteiger charge is 2.43. The number of piperidine rings is 1. The summed E-state index contributed by atoms with van der Waals surface area (Å²) in [7, 11) is 0. The average Bonchev–Trinajstić information content (AvgIpc) is 3.07. The Labute approximate surface area is 124 Å². The molecule has 0 aromatic carbocycles. The van der Waals surface area contributed by atoms with Crippen LogP contribution in [0.5, 0.6) is 0 Å².